The van der Waals surface area contributed by atoms with E-state index in [1.807, 2.05) is 31.2 Å². The average Bonchev–Trinajstić information content (AvgIpc) is 2.36. The largest absolute Gasteiger partial charge is 0.356 e. The number of nitrogens with one attached hydrogen (secondary N) is 1. The maximum absolute atomic E-state index is 11.7. The third kappa shape index (κ3) is 6.06. The second-order valence-electron chi connectivity index (χ2n) is 4.56. The first-order valence-electron chi connectivity index (χ1n) is 6.61. The second kappa shape index (κ2) is 8.98. The second-order valence-corrected chi connectivity index (χ2v) is 4.93. The van der Waals surface area contributed by atoms with Crippen LogP contribution in [0.4, 0.5) is 0 Å². The summed E-state index contributed by atoms with van der Waals surface area (Å²) in [4.78, 5) is 11.7. The van der Waals surface area contributed by atoms with Gasteiger partial charge in [0, 0.05) is 12.4 Å². The normalized spacial score (nSPS) is 10.3. The van der Waals surface area contributed by atoms with Crippen LogP contribution in [0, 0.1) is 6.92 Å². The fraction of sp³-hybridized carbons (Fsp3) is 0.533. The van der Waals surface area contributed by atoms with E-state index < -0.39 is 0 Å². The van der Waals surface area contributed by atoms with Gasteiger partial charge in [-0.15, -0.1) is 11.6 Å². The number of amides is 1. The fourth-order valence-corrected chi connectivity index (χ4v) is 2.03. The summed E-state index contributed by atoms with van der Waals surface area (Å²) in [5.41, 5.74) is 2.28. The van der Waals surface area contributed by atoms with E-state index in [0.29, 0.717) is 6.42 Å². The van der Waals surface area contributed by atoms with E-state index in [9.17, 15) is 4.79 Å². The lowest BCUT2D eigenvalue weighted by Gasteiger charge is -2.07. The Balaban J connectivity index is 2.16. The maximum atomic E-state index is 11.7. The highest BCUT2D eigenvalue weighted by Crippen LogP contribution is 2.07. The third-order valence-corrected chi connectivity index (χ3v) is 3.26. The molecule has 2 nitrogen and oxygen atoms in total. The molecule has 18 heavy (non-hydrogen) atoms. The van der Waals surface area contributed by atoms with Gasteiger partial charge in [-0.2, -0.15) is 0 Å². The molecule has 0 atom stereocenters. The first-order valence-corrected chi connectivity index (χ1v) is 7.14. The van der Waals surface area contributed by atoms with Crippen LogP contribution in [0.2, 0.25) is 0 Å². The first-order chi connectivity index (χ1) is 8.74. The van der Waals surface area contributed by atoms with Crippen molar-refractivity contribution in [1.82, 2.24) is 5.32 Å². The lowest BCUT2D eigenvalue weighted by atomic mass is 10.1. The molecule has 1 rings (SSSR count). The van der Waals surface area contributed by atoms with Crippen molar-refractivity contribution in [3.8, 4) is 0 Å². The molecular weight excluding hydrogens is 246 g/mol. The lowest BCUT2D eigenvalue weighted by molar-refractivity contribution is -0.120. The molecule has 3 heteroatoms. The van der Waals surface area contributed by atoms with Gasteiger partial charge in [0.2, 0.25) is 5.91 Å². The van der Waals surface area contributed by atoms with Crippen LogP contribution in [0.1, 0.15) is 36.8 Å². The quantitative estimate of drug-likeness (QED) is 0.567. The van der Waals surface area contributed by atoms with E-state index in [0.717, 1.165) is 43.7 Å². The Morgan fingerprint density at radius 1 is 1.17 bits per heavy atom. The molecule has 1 aromatic carbocycles. The predicted molar refractivity (Wildman–Crippen MR) is 77.1 cm³/mol. The number of carbonyl (C=O) groups is 1. The molecule has 1 amide bonds. The third-order valence-electron chi connectivity index (χ3n) is 2.99. The van der Waals surface area contributed by atoms with Gasteiger partial charge in [0.1, 0.15) is 0 Å². The van der Waals surface area contributed by atoms with Crippen LogP contribution in [0.5, 0.6) is 0 Å². The molecule has 0 bridgehead atoms. The van der Waals surface area contributed by atoms with E-state index in [4.69, 9.17) is 11.6 Å². The Morgan fingerprint density at radius 2 is 1.89 bits per heavy atom. The van der Waals surface area contributed by atoms with Crippen LogP contribution in [-0.2, 0) is 11.2 Å². The van der Waals surface area contributed by atoms with Crippen LogP contribution in [-0.4, -0.2) is 18.3 Å². The minimum absolute atomic E-state index is 0.113. The van der Waals surface area contributed by atoms with Crippen molar-refractivity contribution in [2.75, 3.05) is 12.4 Å². The number of aryl methyl sites for hydroxylation is 1. The van der Waals surface area contributed by atoms with Gasteiger partial charge in [-0.3, -0.25) is 4.79 Å². The van der Waals surface area contributed by atoms with Crippen LogP contribution in [0.3, 0.4) is 0 Å². The number of halogens is 1. The zero-order valence-corrected chi connectivity index (χ0v) is 11.8. The highest BCUT2D eigenvalue weighted by Gasteiger charge is 2.04. The van der Waals surface area contributed by atoms with Crippen LogP contribution < -0.4 is 5.32 Å². The minimum Gasteiger partial charge on any atom is -0.356 e. The van der Waals surface area contributed by atoms with Gasteiger partial charge in [0.05, 0.1) is 6.42 Å². The maximum Gasteiger partial charge on any atom is 0.224 e. The monoisotopic (exact) mass is 267 g/mol. The summed E-state index contributed by atoms with van der Waals surface area (Å²) < 4.78 is 0. The van der Waals surface area contributed by atoms with E-state index in [-0.39, 0.29) is 5.91 Å². The van der Waals surface area contributed by atoms with E-state index in [1.165, 1.54) is 5.56 Å². The molecule has 0 heterocycles. The summed E-state index contributed by atoms with van der Waals surface area (Å²) in [7, 11) is 0. The predicted octanol–water partition coefficient (Wildman–Crippen LogP) is 3.45. The fourth-order valence-electron chi connectivity index (χ4n) is 1.84. The molecule has 0 saturated carbocycles. The molecule has 0 fully saturated rings. The smallest absolute Gasteiger partial charge is 0.224 e. The van der Waals surface area contributed by atoms with Gasteiger partial charge in [0.15, 0.2) is 0 Å². The van der Waals surface area contributed by atoms with Crippen molar-refractivity contribution in [3.63, 3.8) is 0 Å². The molecular formula is C15H22ClNO. The number of unbranched alkanes of at least 4 members (excludes halogenated alkanes) is 3. The van der Waals surface area contributed by atoms with Gasteiger partial charge in [-0.25, -0.2) is 0 Å². The van der Waals surface area contributed by atoms with Gasteiger partial charge in [0.25, 0.3) is 0 Å². The molecule has 0 aliphatic heterocycles. The zero-order valence-electron chi connectivity index (χ0n) is 11.0. The van der Waals surface area contributed by atoms with Gasteiger partial charge in [-0.05, 0) is 30.9 Å². The highest BCUT2D eigenvalue weighted by molar-refractivity contribution is 6.17. The molecule has 0 aliphatic carbocycles. The SMILES string of the molecule is Cc1ccccc1CC(=O)NCCCCCCCl. The summed E-state index contributed by atoms with van der Waals surface area (Å²) in [6.45, 7) is 2.81. The van der Waals surface area contributed by atoms with Crippen LogP contribution in [0.15, 0.2) is 24.3 Å². The van der Waals surface area contributed by atoms with Crippen molar-refractivity contribution in [3.05, 3.63) is 35.4 Å². The number of benzene rings is 1. The van der Waals surface area contributed by atoms with Crippen molar-refractivity contribution in [2.24, 2.45) is 0 Å². The van der Waals surface area contributed by atoms with Gasteiger partial charge < -0.3 is 5.32 Å². The average molecular weight is 268 g/mol. The van der Waals surface area contributed by atoms with Crippen molar-refractivity contribution >= 4 is 17.5 Å². The van der Waals surface area contributed by atoms with Gasteiger partial charge in [-0.1, -0.05) is 37.1 Å². The number of hydrogen-bond donors (Lipinski definition) is 1. The summed E-state index contributed by atoms with van der Waals surface area (Å²) in [6, 6.07) is 8.01. The lowest BCUT2D eigenvalue weighted by Crippen LogP contribution is -2.26. The molecule has 0 aliphatic rings. The summed E-state index contributed by atoms with van der Waals surface area (Å²) in [5.74, 6) is 0.848. The number of carbonyl (C=O) groups excluding carboxylic acids is 1. The topological polar surface area (TPSA) is 29.1 Å². The molecule has 1 N–H and O–H groups in total. The Hall–Kier alpha value is -1.02. The molecule has 100 valence electrons. The Bertz CT molecular complexity index is 365. The molecule has 0 spiro atoms. The molecule has 0 saturated heterocycles. The molecule has 0 radical (unpaired) electrons. The van der Waals surface area contributed by atoms with Crippen molar-refractivity contribution in [1.29, 1.82) is 0 Å². The highest BCUT2D eigenvalue weighted by atomic mass is 35.5. The molecule has 0 aromatic heterocycles. The first kappa shape index (κ1) is 15.0. The van der Waals surface area contributed by atoms with E-state index >= 15 is 0 Å². The van der Waals surface area contributed by atoms with E-state index in [2.05, 4.69) is 5.32 Å². The Labute approximate surface area is 115 Å². The Kier molecular flexibility index (Phi) is 7.51. The number of alkyl halides is 1. The van der Waals surface area contributed by atoms with Crippen molar-refractivity contribution < 1.29 is 4.79 Å². The van der Waals surface area contributed by atoms with Crippen LogP contribution >= 0.6 is 11.6 Å². The summed E-state index contributed by atoms with van der Waals surface area (Å²) in [5, 5.41) is 2.96. The van der Waals surface area contributed by atoms with Crippen molar-refractivity contribution in [2.45, 2.75) is 39.0 Å². The Morgan fingerprint density at radius 3 is 2.61 bits per heavy atom. The standard InChI is InChI=1S/C15H22ClNO/c1-13-8-4-5-9-14(13)12-15(18)17-11-7-3-2-6-10-16/h4-5,8-9H,2-3,6-7,10-12H2,1H3,(H,17,18). The van der Waals surface area contributed by atoms with Crippen LogP contribution in [0.25, 0.3) is 0 Å². The van der Waals surface area contributed by atoms with Gasteiger partial charge >= 0.3 is 0 Å². The molecule has 1 aromatic rings. The number of rotatable bonds is 8. The summed E-state index contributed by atoms with van der Waals surface area (Å²) >= 11 is 5.60. The number of hydrogen-bond acceptors (Lipinski definition) is 1. The molecule has 0 unspecified atom stereocenters. The zero-order chi connectivity index (χ0) is 13.2. The van der Waals surface area contributed by atoms with E-state index in [1.54, 1.807) is 0 Å². The summed E-state index contributed by atoms with van der Waals surface area (Å²) in [6.07, 6.45) is 4.87. The minimum atomic E-state index is 0.113.